The Morgan fingerprint density at radius 2 is 1.68 bits per heavy atom. The molecule has 2 aromatic carbocycles. The number of hydrogen-bond acceptors (Lipinski definition) is 7. The number of hydrogen-bond donors (Lipinski definition) is 2. The van der Waals surface area contributed by atoms with E-state index in [1.807, 2.05) is 37.3 Å². The average molecular weight is 529 g/mol. The van der Waals surface area contributed by atoms with Crippen molar-refractivity contribution >= 4 is 17.8 Å². The molecule has 206 valence electrons. The fourth-order valence-corrected chi connectivity index (χ4v) is 4.59. The molecular formula is C28H36N2O8. The molecule has 1 aliphatic carbocycles. The molecule has 0 heterocycles. The first-order valence-corrected chi connectivity index (χ1v) is 12.4. The Morgan fingerprint density at radius 3 is 2.18 bits per heavy atom. The predicted octanol–water partition coefficient (Wildman–Crippen LogP) is 3.83. The highest BCUT2D eigenvalue weighted by Crippen LogP contribution is 2.37. The van der Waals surface area contributed by atoms with Crippen molar-refractivity contribution in [2.45, 2.75) is 51.0 Å². The Hall–Kier alpha value is -3.63. The Bertz CT molecular complexity index is 1110. The van der Waals surface area contributed by atoms with Crippen LogP contribution in [0.1, 0.15) is 54.2 Å². The minimum Gasteiger partial charge on any atom is -0.496 e. The molecule has 1 saturated carbocycles. The molecule has 0 spiro atoms. The first-order chi connectivity index (χ1) is 18.2. The summed E-state index contributed by atoms with van der Waals surface area (Å²) in [6, 6.07) is 11.9. The quantitative estimate of drug-likeness (QED) is 0.297. The van der Waals surface area contributed by atoms with Crippen LogP contribution < -0.4 is 14.8 Å². The molecule has 1 aliphatic rings. The van der Waals surface area contributed by atoms with E-state index in [0.717, 1.165) is 5.56 Å². The van der Waals surface area contributed by atoms with E-state index in [0.29, 0.717) is 29.2 Å². The molecule has 1 fully saturated rings. The van der Waals surface area contributed by atoms with Crippen molar-refractivity contribution in [3.05, 3.63) is 59.2 Å². The third kappa shape index (κ3) is 6.43. The molecule has 2 aromatic rings. The second-order valence-electron chi connectivity index (χ2n) is 9.35. The lowest BCUT2D eigenvalue weighted by atomic mass is 9.74. The summed E-state index contributed by atoms with van der Waals surface area (Å²) in [4.78, 5) is 39.3. The first-order valence-electron chi connectivity index (χ1n) is 12.4. The van der Waals surface area contributed by atoms with Gasteiger partial charge >= 0.3 is 12.0 Å². The number of carboxylic acid groups (broad SMARTS) is 1. The number of ketones is 1. The van der Waals surface area contributed by atoms with Crippen molar-refractivity contribution in [1.82, 2.24) is 10.2 Å². The molecule has 0 saturated heterocycles. The minimum atomic E-state index is -1.41. The van der Waals surface area contributed by atoms with Crippen LogP contribution in [0, 0.1) is 0 Å². The van der Waals surface area contributed by atoms with Crippen molar-refractivity contribution in [2.75, 3.05) is 34.5 Å². The summed E-state index contributed by atoms with van der Waals surface area (Å²) in [7, 11) is 4.43. The van der Waals surface area contributed by atoms with Crippen molar-refractivity contribution in [1.29, 1.82) is 0 Å². The van der Waals surface area contributed by atoms with Crippen LogP contribution in [0.5, 0.6) is 11.5 Å². The number of aliphatic carboxylic acids is 1. The highest BCUT2D eigenvalue weighted by molar-refractivity contribution is 5.99. The zero-order valence-electron chi connectivity index (χ0n) is 22.5. The molecule has 3 rings (SSSR count). The van der Waals surface area contributed by atoms with E-state index in [1.54, 1.807) is 12.1 Å². The molecule has 2 N–H and O–H groups in total. The third-order valence-corrected chi connectivity index (χ3v) is 6.92. The van der Waals surface area contributed by atoms with E-state index in [1.165, 1.54) is 33.2 Å². The number of carboxylic acids is 1. The summed E-state index contributed by atoms with van der Waals surface area (Å²) in [6.07, 6.45) is 0.109. The number of nitrogens with one attached hydrogen (secondary N) is 1. The maximum absolute atomic E-state index is 13.6. The Labute approximate surface area is 222 Å². The van der Waals surface area contributed by atoms with E-state index < -0.39 is 23.6 Å². The molecule has 10 nitrogen and oxygen atoms in total. The predicted molar refractivity (Wildman–Crippen MR) is 140 cm³/mol. The van der Waals surface area contributed by atoms with Gasteiger partial charge in [0.1, 0.15) is 22.6 Å². The summed E-state index contributed by atoms with van der Waals surface area (Å²) in [5.41, 5.74) is 0.539. The summed E-state index contributed by atoms with van der Waals surface area (Å²) in [5.74, 6) is -0.684. The van der Waals surface area contributed by atoms with Gasteiger partial charge in [-0.1, -0.05) is 30.3 Å². The van der Waals surface area contributed by atoms with Gasteiger partial charge in [-0.05, 0) is 37.1 Å². The van der Waals surface area contributed by atoms with Crippen LogP contribution in [0.3, 0.4) is 0 Å². The molecule has 2 amide bonds. The van der Waals surface area contributed by atoms with Crippen LogP contribution in [0.2, 0.25) is 0 Å². The molecule has 0 unspecified atom stereocenters. The standard InChI is InChI=1S/C28H36N2O8/c1-18(21-13-23(36-4)25(19(2)31)24(14-21)37-5)30(11-12-38-17-20-9-7-6-8-10-20)27(34)29-28(26(32)33)15-22(16-28)35-3/h6-10,13-14,18,22H,11-12,15-17H2,1-5H3,(H,29,34)(H,32,33)/t18-,22?,28?/m1/s1. The lowest BCUT2D eigenvalue weighted by Gasteiger charge is -2.45. The fourth-order valence-electron chi connectivity index (χ4n) is 4.59. The van der Waals surface area contributed by atoms with E-state index in [2.05, 4.69) is 5.32 Å². The van der Waals surface area contributed by atoms with Gasteiger partial charge in [-0.2, -0.15) is 0 Å². The molecule has 0 radical (unpaired) electrons. The smallest absolute Gasteiger partial charge is 0.329 e. The van der Waals surface area contributed by atoms with Gasteiger partial charge < -0.3 is 34.3 Å². The van der Waals surface area contributed by atoms with Gasteiger partial charge in [-0.25, -0.2) is 9.59 Å². The zero-order chi connectivity index (χ0) is 27.9. The van der Waals surface area contributed by atoms with Crippen molar-refractivity contribution in [2.24, 2.45) is 0 Å². The average Bonchev–Trinajstić information content (AvgIpc) is 2.89. The van der Waals surface area contributed by atoms with Gasteiger partial charge in [0.2, 0.25) is 0 Å². The Balaban J connectivity index is 1.86. The Kier molecular flexibility index (Phi) is 9.71. The van der Waals surface area contributed by atoms with Crippen molar-refractivity contribution in [3.8, 4) is 11.5 Å². The van der Waals surface area contributed by atoms with Gasteiger partial charge in [0.15, 0.2) is 5.78 Å². The van der Waals surface area contributed by atoms with E-state index in [-0.39, 0.29) is 37.9 Å². The normalized spacial score (nSPS) is 19.1. The SMILES string of the molecule is COc1cc([C@@H](C)N(CCOCc2ccccc2)C(=O)NC2(C(=O)O)CC(OC)C2)cc(OC)c1C(C)=O. The lowest BCUT2D eigenvalue weighted by molar-refractivity contribution is -0.155. The molecule has 0 aliphatic heterocycles. The van der Waals surface area contributed by atoms with Crippen LogP contribution in [0.25, 0.3) is 0 Å². The largest absolute Gasteiger partial charge is 0.496 e. The number of methoxy groups -OCH3 is 3. The van der Waals surface area contributed by atoms with Gasteiger partial charge in [-0.3, -0.25) is 4.79 Å². The van der Waals surface area contributed by atoms with E-state index >= 15 is 0 Å². The van der Waals surface area contributed by atoms with Crippen LogP contribution in [-0.2, 0) is 20.9 Å². The number of urea groups is 1. The monoisotopic (exact) mass is 528 g/mol. The van der Waals surface area contributed by atoms with Gasteiger partial charge in [0.05, 0.1) is 39.6 Å². The highest BCUT2D eigenvalue weighted by Gasteiger charge is 2.52. The second kappa shape index (κ2) is 12.7. The fraction of sp³-hybridized carbons (Fsp3) is 0.464. The Morgan fingerprint density at radius 1 is 1.08 bits per heavy atom. The van der Waals surface area contributed by atoms with Crippen molar-refractivity contribution in [3.63, 3.8) is 0 Å². The number of benzene rings is 2. The lowest BCUT2D eigenvalue weighted by Crippen LogP contribution is -2.66. The number of amides is 2. The van der Waals surface area contributed by atoms with Crippen LogP contribution in [0.4, 0.5) is 4.79 Å². The third-order valence-electron chi connectivity index (χ3n) is 6.92. The molecule has 1 atom stereocenters. The summed E-state index contributed by atoms with van der Waals surface area (Å²) in [5, 5.41) is 12.6. The van der Waals surface area contributed by atoms with Crippen LogP contribution in [-0.4, -0.2) is 73.9 Å². The van der Waals surface area contributed by atoms with Crippen molar-refractivity contribution < 1.29 is 38.4 Å². The van der Waals surface area contributed by atoms with Crippen LogP contribution in [0.15, 0.2) is 42.5 Å². The second-order valence-corrected chi connectivity index (χ2v) is 9.35. The van der Waals surface area contributed by atoms with Gasteiger partial charge in [0.25, 0.3) is 0 Å². The number of ether oxygens (including phenoxy) is 4. The summed E-state index contributed by atoms with van der Waals surface area (Å²) in [6.45, 7) is 4.00. The van der Waals surface area contributed by atoms with Crippen LogP contribution >= 0.6 is 0 Å². The number of nitrogens with zero attached hydrogens (tertiary/aromatic N) is 1. The maximum Gasteiger partial charge on any atom is 0.329 e. The number of Topliss-reactive ketones (excluding diaryl/α,β-unsaturated/α-hetero) is 1. The molecule has 38 heavy (non-hydrogen) atoms. The van der Waals surface area contributed by atoms with Gasteiger partial charge in [0, 0.05) is 26.5 Å². The number of rotatable bonds is 13. The summed E-state index contributed by atoms with van der Waals surface area (Å²) < 4.78 is 22.0. The van der Waals surface area contributed by atoms with Gasteiger partial charge in [-0.15, -0.1) is 0 Å². The molecule has 0 bridgehead atoms. The van der Waals surface area contributed by atoms with E-state index in [4.69, 9.17) is 18.9 Å². The topological polar surface area (TPSA) is 124 Å². The minimum absolute atomic E-state index is 0.173. The zero-order valence-corrected chi connectivity index (χ0v) is 22.5. The number of carbonyl (C=O) groups excluding carboxylic acids is 2. The molecular weight excluding hydrogens is 492 g/mol. The summed E-state index contributed by atoms with van der Waals surface area (Å²) >= 11 is 0. The molecule has 10 heteroatoms. The first kappa shape index (κ1) is 28.9. The maximum atomic E-state index is 13.6. The molecule has 0 aromatic heterocycles. The number of carbonyl (C=O) groups is 3. The van der Waals surface area contributed by atoms with E-state index in [9.17, 15) is 19.5 Å². The highest BCUT2D eigenvalue weighted by atomic mass is 16.5.